The molecule has 0 unspecified atom stereocenters. The normalized spacial score (nSPS) is 13.9. The lowest BCUT2D eigenvalue weighted by atomic mass is 9.95. The lowest BCUT2D eigenvalue weighted by molar-refractivity contribution is -0.123. The lowest BCUT2D eigenvalue weighted by Gasteiger charge is -2.12. The van der Waals surface area contributed by atoms with Crippen LogP contribution in [0.5, 0.6) is 0 Å². The minimum atomic E-state index is -0.424. The summed E-state index contributed by atoms with van der Waals surface area (Å²) in [5.41, 5.74) is 4.44. The summed E-state index contributed by atoms with van der Waals surface area (Å²) in [7, 11) is 4.05. The molecule has 2 aromatic heterocycles. The van der Waals surface area contributed by atoms with Crippen LogP contribution in [0.3, 0.4) is 0 Å². The second-order valence-corrected chi connectivity index (χ2v) is 9.06. The van der Waals surface area contributed by atoms with E-state index in [0.29, 0.717) is 34.5 Å². The van der Waals surface area contributed by atoms with Gasteiger partial charge in [-0.15, -0.1) is 0 Å². The number of H-pyrrole nitrogens is 1. The van der Waals surface area contributed by atoms with E-state index in [9.17, 15) is 14.4 Å². The van der Waals surface area contributed by atoms with Crippen LogP contribution in [0.4, 0.5) is 5.69 Å². The second-order valence-electron chi connectivity index (χ2n) is 9.06. The van der Waals surface area contributed by atoms with Gasteiger partial charge in [0.2, 0.25) is 5.91 Å². The minimum Gasteiger partial charge on any atom is -0.361 e. The number of nitrogens with zero attached hydrogens (tertiary/aromatic N) is 2. The highest BCUT2D eigenvalue weighted by Crippen LogP contribution is 2.39. The Hall–Kier alpha value is -4.17. The first kappa shape index (κ1) is 22.6. The number of anilines is 1. The minimum absolute atomic E-state index is 0.174. The van der Waals surface area contributed by atoms with Gasteiger partial charge in [0.1, 0.15) is 0 Å². The molecule has 0 saturated carbocycles. The van der Waals surface area contributed by atoms with E-state index in [0.717, 1.165) is 34.8 Å². The highest BCUT2D eigenvalue weighted by molar-refractivity contribution is 6.50. The Kier molecular flexibility index (Phi) is 5.74. The zero-order valence-electron chi connectivity index (χ0n) is 19.9. The van der Waals surface area contributed by atoms with Crippen LogP contribution < -0.4 is 10.6 Å². The number of imide groups is 1. The standard InChI is InChI=1S/C27H27N5O3/c1-16(33)29-22-11-6-9-18-20(15-32(25(18)22)13-7-12-31(2)3)24-23(26(34)30-27(24)35)19-14-28-21-10-5-4-8-17(19)21/h4-6,8-11,14-15,28H,7,12-13H2,1-3H3,(H,29,33)(H,30,34,35). The van der Waals surface area contributed by atoms with Crippen molar-refractivity contribution in [1.82, 2.24) is 19.8 Å². The first-order valence-corrected chi connectivity index (χ1v) is 11.6. The van der Waals surface area contributed by atoms with Crippen LogP contribution >= 0.6 is 0 Å². The third-order valence-corrected chi connectivity index (χ3v) is 6.27. The number of aromatic amines is 1. The van der Waals surface area contributed by atoms with E-state index < -0.39 is 11.8 Å². The quantitative estimate of drug-likeness (QED) is 0.360. The number of carbonyl (C=O) groups is 3. The number of benzene rings is 2. The molecule has 2 aromatic carbocycles. The third-order valence-electron chi connectivity index (χ3n) is 6.27. The maximum Gasteiger partial charge on any atom is 0.259 e. The number of hydrogen-bond acceptors (Lipinski definition) is 4. The molecule has 0 atom stereocenters. The molecule has 35 heavy (non-hydrogen) atoms. The van der Waals surface area contributed by atoms with Crippen molar-refractivity contribution < 1.29 is 14.4 Å². The van der Waals surface area contributed by atoms with Crippen LogP contribution in [0.1, 0.15) is 24.5 Å². The fraction of sp³-hybridized carbons (Fsp3) is 0.222. The van der Waals surface area contributed by atoms with Gasteiger partial charge in [0.05, 0.1) is 22.4 Å². The van der Waals surface area contributed by atoms with Crippen molar-refractivity contribution in [1.29, 1.82) is 0 Å². The molecule has 3 amide bonds. The molecule has 3 heterocycles. The smallest absolute Gasteiger partial charge is 0.259 e. The fourth-order valence-electron chi connectivity index (χ4n) is 4.83. The third kappa shape index (κ3) is 4.02. The Labute approximate surface area is 202 Å². The Bertz CT molecular complexity index is 1520. The molecular weight excluding hydrogens is 442 g/mol. The number of carbonyl (C=O) groups excluding carboxylic acids is 3. The van der Waals surface area contributed by atoms with E-state index >= 15 is 0 Å². The van der Waals surface area contributed by atoms with Crippen LogP contribution in [0.15, 0.2) is 54.9 Å². The molecule has 0 bridgehead atoms. The van der Waals surface area contributed by atoms with Gasteiger partial charge in [-0.05, 0) is 39.2 Å². The molecule has 8 heteroatoms. The lowest BCUT2D eigenvalue weighted by Crippen LogP contribution is -2.22. The number of rotatable bonds is 7. The maximum absolute atomic E-state index is 13.2. The van der Waals surface area contributed by atoms with Crippen molar-refractivity contribution in [2.45, 2.75) is 19.9 Å². The van der Waals surface area contributed by atoms with Gasteiger partial charge in [-0.2, -0.15) is 0 Å². The monoisotopic (exact) mass is 469 g/mol. The molecule has 3 N–H and O–H groups in total. The van der Waals surface area contributed by atoms with Crippen molar-refractivity contribution in [2.75, 3.05) is 26.0 Å². The molecule has 0 saturated heterocycles. The number of para-hydroxylation sites is 2. The Morgan fingerprint density at radius 1 is 0.971 bits per heavy atom. The van der Waals surface area contributed by atoms with Crippen LogP contribution in [0.25, 0.3) is 33.0 Å². The highest BCUT2D eigenvalue weighted by atomic mass is 16.2. The molecule has 178 valence electrons. The summed E-state index contributed by atoms with van der Waals surface area (Å²) >= 11 is 0. The van der Waals surface area contributed by atoms with Gasteiger partial charge in [-0.3, -0.25) is 19.7 Å². The van der Waals surface area contributed by atoms with E-state index in [2.05, 4.69) is 25.1 Å². The van der Waals surface area contributed by atoms with Crippen LogP contribution in [-0.4, -0.2) is 52.8 Å². The van der Waals surface area contributed by atoms with E-state index in [4.69, 9.17) is 0 Å². The molecule has 8 nitrogen and oxygen atoms in total. The number of fused-ring (bicyclic) bond motifs is 2. The molecule has 0 spiro atoms. The molecule has 1 aliphatic rings. The van der Waals surface area contributed by atoms with Crippen LogP contribution in [0, 0.1) is 0 Å². The number of aryl methyl sites for hydroxylation is 1. The van der Waals surface area contributed by atoms with E-state index in [1.165, 1.54) is 6.92 Å². The summed E-state index contributed by atoms with van der Waals surface area (Å²) in [5, 5.41) is 7.09. The predicted molar refractivity (Wildman–Crippen MR) is 138 cm³/mol. The Morgan fingerprint density at radius 3 is 2.43 bits per heavy atom. The van der Waals surface area contributed by atoms with E-state index in [1.807, 2.05) is 62.8 Å². The van der Waals surface area contributed by atoms with Crippen molar-refractivity contribution in [3.63, 3.8) is 0 Å². The average Bonchev–Trinajstić information content (AvgIpc) is 3.46. The van der Waals surface area contributed by atoms with Crippen molar-refractivity contribution in [2.24, 2.45) is 0 Å². The number of nitrogens with one attached hydrogen (secondary N) is 3. The summed E-state index contributed by atoms with van der Waals surface area (Å²) in [6.45, 7) is 3.05. The van der Waals surface area contributed by atoms with E-state index in [1.54, 1.807) is 6.20 Å². The zero-order chi connectivity index (χ0) is 24.7. The second kappa shape index (κ2) is 8.88. The molecular formula is C27H27N5O3. The van der Waals surface area contributed by atoms with Gasteiger partial charge in [-0.25, -0.2) is 0 Å². The van der Waals surface area contributed by atoms with Crippen molar-refractivity contribution >= 4 is 56.4 Å². The Balaban J connectivity index is 1.75. The highest BCUT2D eigenvalue weighted by Gasteiger charge is 2.35. The predicted octanol–water partition coefficient (Wildman–Crippen LogP) is 3.60. The molecule has 0 fully saturated rings. The van der Waals surface area contributed by atoms with Gasteiger partial charge in [0.25, 0.3) is 11.8 Å². The van der Waals surface area contributed by atoms with E-state index in [-0.39, 0.29) is 5.91 Å². The number of amides is 3. The van der Waals surface area contributed by atoms with Gasteiger partial charge >= 0.3 is 0 Å². The first-order chi connectivity index (χ1) is 16.8. The van der Waals surface area contributed by atoms with Gasteiger partial charge < -0.3 is 19.8 Å². The van der Waals surface area contributed by atoms with Gasteiger partial charge in [0, 0.05) is 53.3 Å². The average molecular weight is 470 g/mol. The molecule has 4 aromatic rings. The molecule has 5 rings (SSSR count). The number of hydrogen-bond donors (Lipinski definition) is 3. The zero-order valence-corrected chi connectivity index (χ0v) is 19.9. The summed E-state index contributed by atoms with van der Waals surface area (Å²) in [6.07, 6.45) is 4.58. The Morgan fingerprint density at radius 2 is 1.69 bits per heavy atom. The van der Waals surface area contributed by atoms with Crippen LogP contribution in [-0.2, 0) is 20.9 Å². The largest absolute Gasteiger partial charge is 0.361 e. The number of aromatic nitrogens is 2. The fourth-order valence-corrected chi connectivity index (χ4v) is 4.83. The SMILES string of the molecule is CC(=O)Nc1cccc2c(C3=C(c4c[nH]c5ccccc45)C(=O)NC3=O)cn(CCCN(C)C)c12. The van der Waals surface area contributed by atoms with Gasteiger partial charge in [-0.1, -0.05) is 30.3 Å². The van der Waals surface area contributed by atoms with Crippen molar-refractivity contribution in [3.8, 4) is 0 Å². The van der Waals surface area contributed by atoms with Crippen molar-refractivity contribution in [3.05, 3.63) is 66.0 Å². The maximum atomic E-state index is 13.2. The van der Waals surface area contributed by atoms with Crippen LogP contribution in [0.2, 0.25) is 0 Å². The summed E-state index contributed by atoms with van der Waals surface area (Å²) < 4.78 is 2.06. The molecule has 1 aliphatic heterocycles. The molecule has 0 aliphatic carbocycles. The summed E-state index contributed by atoms with van der Waals surface area (Å²) in [5.74, 6) is -1.01. The first-order valence-electron chi connectivity index (χ1n) is 11.6. The summed E-state index contributed by atoms with van der Waals surface area (Å²) in [6, 6.07) is 13.3. The summed E-state index contributed by atoms with van der Waals surface area (Å²) in [4.78, 5) is 43.4. The van der Waals surface area contributed by atoms with Gasteiger partial charge in [0.15, 0.2) is 0 Å². The topological polar surface area (TPSA) is 99.2 Å². The molecule has 0 radical (unpaired) electrons.